The van der Waals surface area contributed by atoms with Gasteiger partial charge >= 0.3 is 0 Å². The lowest BCUT2D eigenvalue weighted by Gasteiger charge is -2.18. The molecule has 0 spiro atoms. The van der Waals surface area contributed by atoms with Crippen molar-refractivity contribution in [2.45, 2.75) is 83.7 Å². The van der Waals surface area contributed by atoms with Gasteiger partial charge in [-0.15, -0.1) is 11.3 Å². The van der Waals surface area contributed by atoms with Crippen molar-refractivity contribution >= 4 is 21.6 Å². The number of nitrogens with two attached hydrogens (primary N) is 1. The molecule has 0 radical (unpaired) electrons. The van der Waals surface area contributed by atoms with Crippen molar-refractivity contribution in [2.75, 3.05) is 0 Å². The van der Waals surface area contributed by atoms with Crippen LogP contribution in [0.5, 0.6) is 0 Å². The number of fused-ring (bicyclic) bond motifs is 3. The van der Waals surface area contributed by atoms with Gasteiger partial charge in [-0.05, 0) is 63.4 Å². The third kappa shape index (κ3) is 3.54. The molecule has 4 nitrogen and oxygen atoms in total. The summed E-state index contributed by atoms with van der Waals surface area (Å²) >= 11 is 1.75. The Kier molecular flexibility index (Phi) is 4.96. The average Bonchev–Trinajstić information content (AvgIpc) is 2.75. The summed E-state index contributed by atoms with van der Waals surface area (Å²) in [6.45, 7) is 4.49. The van der Waals surface area contributed by atoms with E-state index >= 15 is 0 Å². The van der Waals surface area contributed by atoms with Crippen LogP contribution in [0.25, 0.3) is 10.2 Å². The standard InChI is InChI=1S/C20H29N3OS/c1-12-9-10-15-16(11-12)25-20-17(15)19(24)22-18(23-20)13(2)21-14-7-5-3-4-6-8-14/h12-14,21H,3-11H2,1-2H3,(H,22,23,24)/p+1/t12-,13+/m1/s1. The molecule has 2 aromatic rings. The highest BCUT2D eigenvalue weighted by molar-refractivity contribution is 7.18. The summed E-state index contributed by atoms with van der Waals surface area (Å²) in [5.41, 5.74) is 1.35. The third-order valence-electron chi connectivity index (χ3n) is 6.08. The Morgan fingerprint density at radius 1 is 1.20 bits per heavy atom. The zero-order chi connectivity index (χ0) is 17.4. The fraction of sp³-hybridized carbons (Fsp3) is 0.700. The van der Waals surface area contributed by atoms with E-state index in [1.165, 1.54) is 55.4 Å². The van der Waals surface area contributed by atoms with Crippen LogP contribution in [0.15, 0.2) is 4.79 Å². The Bertz CT molecular complexity index is 801. The van der Waals surface area contributed by atoms with Gasteiger partial charge in [0.2, 0.25) is 0 Å². The lowest BCUT2D eigenvalue weighted by molar-refractivity contribution is -0.727. The van der Waals surface area contributed by atoms with E-state index in [1.807, 2.05) is 0 Å². The molecule has 3 N–H and O–H groups in total. The highest BCUT2D eigenvalue weighted by atomic mass is 32.1. The number of aromatic amines is 1. The summed E-state index contributed by atoms with van der Waals surface area (Å²) in [6.07, 6.45) is 11.3. The first-order valence-electron chi connectivity index (χ1n) is 10.0. The number of quaternary nitrogens is 1. The van der Waals surface area contributed by atoms with Crippen molar-refractivity contribution < 1.29 is 5.32 Å². The van der Waals surface area contributed by atoms with Crippen molar-refractivity contribution in [1.82, 2.24) is 9.97 Å². The molecule has 2 aromatic heterocycles. The summed E-state index contributed by atoms with van der Waals surface area (Å²) in [5, 5.41) is 3.31. The van der Waals surface area contributed by atoms with Gasteiger partial charge in [0, 0.05) is 4.88 Å². The van der Waals surface area contributed by atoms with Gasteiger partial charge in [0.05, 0.1) is 11.4 Å². The molecular weight excluding hydrogens is 330 g/mol. The highest BCUT2D eigenvalue weighted by Gasteiger charge is 2.25. The first-order chi connectivity index (χ1) is 12.1. The Hall–Kier alpha value is -1.20. The molecule has 0 amide bonds. The molecule has 0 aromatic carbocycles. The van der Waals surface area contributed by atoms with Gasteiger partial charge in [0.15, 0.2) is 5.82 Å². The van der Waals surface area contributed by atoms with Crippen LogP contribution >= 0.6 is 11.3 Å². The molecule has 5 heteroatoms. The summed E-state index contributed by atoms with van der Waals surface area (Å²) in [4.78, 5) is 23.1. The maximum atomic E-state index is 12.8. The van der Waals surface area contributed by atoms with Gasteiger partial charge in [0.1, 0.15) is 10.9 Å². The van der Waals surface area contributed by atoms with Gasteiger partial charge in [0.25, 0.3) is 5.56 Å². The molecule has 0 aliphatic heterocycles. The number of aryl methyl sites for hydroxylation is 1. The number of nitrogens with one attached hydrogen (secondary N) is 1. The molecule has 4 rings (SSSR count). The number of hydrogen-bond acceptors (Lipinski definition) is 3. The maximum Gasteiger partial charge on any atom is 0.260 e. The third-order valence-corrected chi connectivity index (χ3v) is 7.22. The van der Waals surface area contributed by atoms with Crippen LogP contribution in [-0.2, 0) is 12.8 Å². The van der Waals surface area contributed by atoms with E-state index in [0.29, 0.717) is 6.04 Å². The molecule has 25 heavy (non-hydrogen) atoms. The lowest BCUT2D eigenvalue weighted by atomic mass is 9.89. The normalized spacial score (nSPS) is 23.4. The molecular formula is C20H30N3OS+. The summed E-state index contributed by atoms with van der Waals surface area (Å²) in [7, 11) is 0. The van der Waals surface area contributed by atoms with Crippen molar-refractivity contribution in [2.24, 2.45) is 5.92 Å². The summed E-state index contributed by atoms with van der Waals surface area (Å²) in [6, 6.07) is 0.897. The predicted octanol–water partition coefficient (Wildman–Crippen LogP) is 3.46. The van der Waals surface area contributed by atoms with E-state index in [-0.39, 0.29) is 11.6 Å². The maximum absolute atomic E-state index is 12.8. The number of hydrogen-bond donors (Lipinski definition) is 2. The number of H-pyrrole nitrogens is 1. The Labute approximate surface area is 153 Å². The van der Waals surface area contributed by atoms with Crippen LogP contribution in [0, 0.1) is 5.92 Å². The van der Waals surface area contributed by atoms with Crippen LogP contribution in [0.3, 0.4) is 0 Å². The lowest BCUT2D eigenvalue weighted by Crippen LogP contribution is -2.90. The highest BCUT2D eigenvalue weighted by Crippen LogP contribution is 2.35. The quantitative estimate of drug-likeness (QED) is 0.824. The Morgan fingerprint density at radius 2 is 1.96 bits per heavy atom. The summed E-state index contributed by atoms with van der Waals surface area (Å²) < 4.78 is 0. The number of rotatable bonds is 3. The fourth-order valence-corrected chi connectivity index (χ4v) is 5.97. The molecule has 136 valence electrons. The molecule has 2 aliphatic rings. The Balaban J connectivity index is 1.61. The van der Waals surface area contributed by atoms with Crippen molar-refractivity contribution in [3.8, 4) is 0 Å². The van der Waals surface area contributed by atoms with E-state index in [1.54, 1.807) is 11.3 Å². The number of nitrogens with zero attached hydrogens (tertiary/aromatic N) is 1. The van der Waals surface area contributed by atoms with Crippen molar-refractivity contribution in [3.05, 3.63) is 26.6 Å². The number of aromatic nitrogens is 2. The fourth-order valence-electron chi connectivity index (χ4n) is 4.58. The minimum absolute atomic E-state index is 0.0770. The second-order valence-corrected chi connectivity index (χ2v) is 9.30. The molecule has 2 aliphatic carbocycles. The van der Waals surface area contributed by atoms with Gasteiger partial charge in [-0.1, -0.05) is 19.8 Å². The first-order valence-corrected chi connectivity index (χ1v) is 10.8. The first kappa shape index (κ1) is 17.2. The monoisotopic (exact) mass is 360 g/mol. The van der Waals surface area contributed by atoms with Crippen molar-refractivity contribution in [3.63, 3.8) is 0 Å². The smallest absolute Gasteiger partial charge is 0.260 e. The molecule has 2 heterocycles. The van der Waals surface area contributed by atoms with E-state index < -0.39 is 0 Å². The van der Waals surface area contributed by atoms with Gasteiger partial charge in [-0.2, -0.15) is 0 Å². The van der Waals surface area contributed by atoms with Gasteiger partial charge in [-0.25, -0.2) is 4.98 Å². The zero-order valence-electron chi connectivity index (χ0n) is 15.4. The molecule has 0 saturated heterocycles. The van der Waals surface area contributed by atoms with Crippen LogP contribution < -0.4 is 10.9 Å². The molecule has 1 fully saturated rings. The average molecular weight is 361 g/mol. The second kappa shape index (κ2) is 7.20. The topological polar surface area (TPSA) is 62.4 Å². The van der Waals surface area contributed by atoms with Gasteiger partial charge < -0.3 is 10.3 Å². The Morgan fingerprint density at radius 3 is 2.72 bits per heavy atom. The molecule has 0 unspecified atom stereocenters. The van der Waals surface area contributed by atoms with Crippen LogP contribution in [0.2, 0.25) is 0 Å². The largest absolute Gasteiger partial charge is 0.335 e. The molecule has 1 saturated carbocycles. The van der Waals surface area contributed by atoms with Crippen LogP contribution in [0.4, 0.5) is 0 Å². The minimum Gasteiger partial charge on any atom is -0.335 e. The summed E-state index contributed by atoms with van der Waals surface area (Å²) in [5.74, 6) is 1.58. The number of thiophene rings is 1. The van der Waals surface area contributed by atoms with E-state index in [0.717, 1.165) is 34.8 Å². The minimum atomic E-state index is 0.0770. The van der Waals surface area contributed by atoms with Gasteiger partial charge in [-0.3, -0.25) is 4.79 Å². The second-order valence-electron chi connectivity index (χ2n) is 8.22. The van der Waals surface area contributed by atoms with Crippen molar-refractivity contribution in [1.29, 1.82) is 0 Å². The van der Waals surface area contributed by atoms with E-state index in [2.05, 4.69) is 24.1 Å². The van der Waals surface area contributed by atoms with Crippen LogP contribution in [0.1, 0.15) is 81.1 Å². The molecule has 0 bridgehead atoms. The van der Waals surface area contributed by atoms with E-state index in [9.17, 15) is 4.79 Å². The predicted molar refractivity (Wildman–Crippen MR) is 103 cm³/mol. The van der Waals surface area contributed by atoms with Crippen LogP contribution in [-0.4, -0.2) is 16.0 Å². The van der Waals surface area contributed by atoms with E-state index in [4.69, 9.17) is 4.98 Å². The zero-order valence-corrected chi connectivity index (χ0v) is 16.3. The molecule has 2 atom stereocenters. The SMILES string of the molecule is C[C@@H]1CCc2c(sc3nc([C@H](C)[NH2+]C4CCCCCC4)[nH]c(=O)c23)C1.